The van der Waals surface area contributed by atoms with E-state index in [1.807, 2.05) is 13.8 Å². The highest BCUT2D eigenvalue weighted by Crippen LogP contribution is 2.25. The molecule has 1 atom stereocenters. The first-order chi connectivity index (χ1) is 9.47. The third-order valence-electron chi connectivity index (χ3n) is 2.86. The number of hydrogen-bond donors (Lipinski definition) is 4. The molecule has 1 aromatic heterocycles. The summed E-state index contributed by atoms with van der Waals surface area (Å²) in [5.74, 6) is -0.307. The van der Waals surface area contributed by atoms with Gasteiger partial charge < -0.3 is 21.7 Å². The first-order valence-electron chi connectivity index (χ1n) is 6.58. The Hall–Kier alpha value is -1.83. The fourth-order valence-corrected chi connectivity index (χ4v) is 2.87. The topological polar surface area (TPSA) is 109 Å². The molecule has 7 nitrogen and oxygen atoms in total. The van der Waals surface area contributed by atoms with Crippen LogP contribution < -0.4 is 21.7 Å². The van der Waals surface area contributed by atoms with Crippen molar-refractivity contribution in [3.8, 4) is 0 Å². The van der Waals surface area contributed by atoms with Crippen molar-refractivity contribution < 1.29 is 9.59 Å². The quantitative estimate of drug-likeness (QED) is 0.649. The maximum atomic E-state index is 12.1. The molecule has 5 N–H and O–H groups in total. The van der Waals surface area contributed by atoms with Gasteiger partial charge in [0, 0.05) is 12.6 Å². The summed E-state index contributed by atoms with van der Waals surface area (Å²) in [7, 11) is 0. The van der Waals surface area contributed by atoms with Crippen molar-refractivity contribution in [1.82, 2.24) is 15.6 Å². The van der Waals surface area contributed by atoms with Gasteiger partial charge in [0.2, 0.25) is 5.91 Å². The second-order valence-electron chi connectivity index (χ2n) is 4.99. The molecule has 1 saturated heterocycles. The maximum Gasteiger partial charge on any atom is 0.265 e. The molecule has 0 radical (unpaired) electrons. The van der Waals surface area contributed by atoms with Gasteiger partial charge in [-0.3, -0.25) is 9.59 Å². The summed E-state index contributed by atoms with van der Waals surface area (Å²) in [5, 5.41) is 9.14. The Morgan fingerprint density at radius 2 is 2.30 bits per heavy atom. The van der Waals surface area contributed by atoms with Crippen LogP contribution in [-0.2, 0) is 4.79 Å². The lowest BCUT2D eigenvalue weighted by Gasteiger charge is -2.22. The number of nitrogen functional groups attached to an aromatic ring is 1. The molecular weight excluding hydrogens is 278 g/mol. The molecule has 1 fully saturated rings. The highest BCUT2D eigenvalue weighted by Gasteiger charge is 2.26. The van der Waals surface area contributed by atoms with Crippen molar-refractivity contribution in [3.63, 3.8) is 0 Å². The van der Waals surface area contributed by atoms with Gasteiger partial charge in [0.1, 0.15) is 16.7 Å². The van der Waals surface area contributed by atoms with Crippen molar-refractivity contribution in [3.05, 3.63) is 4.88 Å². The lowest BCUT2D eigenvalue weighted by Crippen LogP contribution is -2.50. The van der Waals surface area contributed by atoms with Gasteiger partial charge in [-0.15, -0.1) is 0 Å². The van der Waals surface area contributed by atoms with Gasteiger partial charge in [0.05, 0.1) is 0 Å². The minimum absolute atomic E-state index is 0.145. The first kappa shape index (κ1) is 14.6. The normalized spacial score (nSPS) is 18.8. The summed E-state index contributed by atoms with van der Waals surface area (Å²) in [4.78, 5) is 28.2. The van der Waals surface area contributed by atoms with Gasteiger partial charge in [-0.05, 0) is 26.7 Å². The van der Waals surface area contributed by atoms with E-state index in [0.717, 1.165) is 6.42 Å². The van der Waals surface area contributed by atoms with E-state index in [-0.39, 0.29) is 23.7 Å². The zero-order valence-corrected chi connectivity index (χ0v) is 12.3. The minimum Gasteiger partial charge on any atom is -0.382 e. The number of amides is 2. The van der Waals surface area contributed by atoms with Crippen LogP contribution in [-0.4, -0.2) is 35.4 Å². The highest BCUT2D eigenvalue weighted by atomic mass is 32.1. The average molecular weight is 297 g/mol. The Morgan fingerprint density at radius 3 is 2.95 bits per heavy atom. The molecule has 20 heavy (non-hydrogen) atoms. The van der Waals surface area contributed by atoms with Crippen molar-refractivity contribution >= 4 is 34.1 Å². The number of carbonyl (C=O) groups is 2. The number of nitrogens with zero attached hydrogens (tertiary/aromatic N) is 1. The van der Waals surface area contributed by atoms with Crippen LogP contribution in [0.1, 0.15) is 36.4 Å². The van der Waals surface area contributed by atoms with E-state index in [0.29, 0.717) is 23.0 Å². The Kier molecular flexibility index (Phi) is 4.43. The molecular formula is C12H19N5O2S. The van der Waals surface area contributed by atoms with Crippen LogP contribution >= 0.6 is 11.3 Å². The first-order valence-corrected chi connectivity index (χ1v) is 7.40. The van der Waals surface area contributed by atoms with Crippen molar-refractivity contribution in [2.45, 2.75) is 38.8 Å². The van der Waals surface area contributed by atoms with Crippen LogP contribution in [0.3, 0.4) is 0 Å². The van der Waals surface area contributed by atoms with E-state index in [9.17, 15) is 9.59 Å². The van der Waals surface area contributed by atoms with Gasteiger partial charge in [-0.1, -0.05) is 11.3 Å². The molecule has 0 aromatic carbocycles. The molecule has 0 aliphatic carbocycles. The number of rotatable bonds is 4. The fraction of sp³-hybridized carbons (Fsp3) is 0.583. The molecule has 2 heterocycles. The Morgan fingerprint density at radius 1 is 1.55 bits per heavy atom. The van der Waals surface area contributed by atoms with Crippen molar-refractivity contribution in [1.29, 1.82) is 0 Å². The number of nitrogens with one attached hydrogen (secondary N) is 3. The summed E-state index contributed by atoms with van der Waals surface area (Å²) in [6.45, 7) is 4.61. The minimum atomic E-state index is -0.487. The largest absolute Gasteiger partial charge is 0.382 e. The predicted octanol–water partition coefficient (Wildman–Crippen LogP) is 0.554. The van der Waals surface area contributed by atoms with Crippen LogP contribution in [0.25, 0.3) is 0 Å². The highest BCUT2D eigenvalue weighted by molar-refractivity contribution is 7.18. The second-order valence-corrected chi connectivity index (χ2v) is 5.99. The molecule has 8 heteroatoms. The fourth-order valence-electron chi connectivity index (χ4n) is 1.94. The van der Waals surface area contributed by atoms with E-state index in [1.165, 1.54) is 11.3 Å². The lowest BCUT2D eigenvalue weighted by molar-refractivity contribution is -0.124. The molecule has 0 spiro atoms. The molecule has 1 aliphatic heterocycles. The number of hydrogen-bond acceptors (Lipinski definition) is 6. The Bertz CT molecular complexity index is 514. The zero-order chi connectivity index (χ0) is 14.7. The van der Waals surface area contributed by atoms with E-state index >= 15 is 0 Å². The van der Waals surface area contributed by atoms with E-state index in [1.54, 1.807) is 0 Å². The summed E-state index contributed by atoms with van der Waals surface area (Å²) in [6.07, 6.45) is 1.50. The van der Waals surface area contributed by atoms with E-state index in [2.05, 4.69) is 20.9 Å². The molecule has 1 aromatic rings. The number of piperidine rings is 1. The van der Waals surface area contributed by atoms with Gasteiger partial charge >= 0.3 is 0 Å². The standard InChI is InChI=1S/C12H19N5O2S/c1-6(2)15-12-17-9(13)8(20-12)11(19)16-7-4-3-5-14-10(7)18/h6-7H,3-5,13H2,1-2H3,(H,14,18)(H,15,17)(H,16,19). The molecule has 0 bridgehead atoms. The van der Waals surface area contributed by atoms with Gasteiger partial charge in [0.15, 0.2) is 5.13 Å². The monoisotopic (exact) mass is 297 g/mol. The summed E-state index contributed by atoms with van der Waals surface area (Å²) >= 11 is 1.19. The van der Waals surface area contributed by atoms with Crippen LogP contribution in [0.15, 0.2) is 0 Å². The summed E-state index contributed by atoms with van der Waals surface area (Å²) in [5.41, 5.74) is 5.76. The zero-order valence-electron chi connectivity index (χ0n) is 11.5. The molecule has 2 amide bonds. The SMILES string of the molecule is CC(C)Nc1nc(N)c(C(=O)NC2CCCNC2=O)s1. The number of anilines is 2. The number of carbonyl (C=O) groups excluding carboxylic acids is 2. The third-order valence-corrected chi connectivity index (χ3v) is 3.86. The predicted molar refractivity (Wildman–Crippen MR) is 78.8 cm³/mol. The smallest absolute Gasteiger partial charge is 0.265 e. The van der Waals surface area contributed by atoms with Gasteiger partial charge in [-0.2, -0.15) is 0 Å². The molecule has 110 valence electrons. The molecule has 2 rings (SSSR count). The average Bonchev–Trinajstić information content (AvgIpc) is 2.72. The Balaban J connectivity index is 2.05. The van der Waals surface area contributed by atoms with Crippen LogP contribution in [0.4, 0.5) is 10.9 Å². The molecule has 0 saturated carbocycles. The van der Waals surface area contributed by atoms with E-state index in [4.69, 9.17) is 5.73 Å². The Labute approximate surface area is 121 Å². The van der Waals surface area contributed by atoms with Crippen molar-refractivity contribution in [2.24, 2.45) is 0 Å². The third kappa shape index (κ3) is 3.38. The van der Waals surface area contributed by atoms with Gasteiger partial charge in [-0.25, -0.2) is 4.98 Å². The maximum absolute atomic E-state index is 12.1. The molecule has 1 aliphatic rings. The lowest BCUT2D eigenvalue weighted by atomic mass is 10.1. The van der Waals surface area contributed by atoms with Crippen LogP contribution in [0.2, 0.25) is 0 Å². The number of aromatic nitrogens is 1. The summed E-state index contributed by atoms with van der Waals surface area (Å²) < 4.78 is 0. The van der Waals surface area contributed by atoms with Gasteiger partial charge in [0.25, 0.3) is 5.91 Å². The van der Waals surface area contributed by atoms with E-state index < -0.39 is 6.04 Å². The number of thiazole rings is 1. The number of nitrogens with two attached hydrogens (primary N) is 1. The second kappa shape index (κ2) is 6.08. The van der Waals surface area contributed by atoms with Crippen molar-refractivity contribution in [2.75, 3.05) is 17.6 Å². The van der Waals surface area contributed by atoms with Crippen LogP contribution in [0.5, 0.6) is 0 Å². The molecule has 1 unspecified atom stereocenters. The van der Waals surface area contributed by atoms with Crippen LogP contribution in [0, 0.1) is 0 Å². The summed E-state index contributed by atoms with van der Waals surface area (Å²) in [6, 6.07) is -0.278.